The fourth-order valence-corrected chi connectivity index (χ4v) is 1.09. The largest absolute Gasteiger partial charge is 0.334 e. The molecule has 0 aromatic heterocycles. The van der Waals surface area contributed by atoms with E-state index in [0.717, 1.165) is 6.42 Å². The third-order valence-corrected chi connectivity index (χ3v) is 2.65. The van der Waals surface area contributed by atoms with Gasteiger partial charge in [-0.15, -0.1) is 0 Å². The lowest BCUT2D eigenvalue weighted by Gasteiger charge is -2.31. The van der Waals surface area contributed by atoms with Crippen LogP contribution < -0.4 is 0 Å². The van der Waals surface area contributed by atoms with Crippen molar-refractivity contribution < 1.29 is 9.59 Å². The summed E-state index contributed by atoms with van der Waals surface area (Å²) < 4.78 is 0. The fourth-order valence-electron chi connectivity index (χ4n) is 1.09. The maximum atomic E-state index is 11.8. The lowest BCUT2D eigenvalue weighted by molar-refractivity contribution is -0.146. The predicted molar refractivity (Wildman–Crippen MR) is 66.2 cm³/mol. The number of carbonyl (C=O) groups excluding carboxylic acids is 2. The molecule has 16 heavy (non-hydrogen) atoms. The molecule has 0 bridgehead atoms. The highest BCUT2D eigenvalue weighted by atomic mass is 16.2. The van der Waals surface area contributed by atoms with E-state index in [2.05, 4.69) is 20.8 Å². The molecule has 0 N–H and O–H groups in total. The van der Waals surface area contributed by atoms with Crippen LogP contribution in [0, 0.1) is 5.41 Å². The minimum atomic E-state index is -0.378. The molecule has 3 heteroatoms. The smallest absolute Gasteiger partial charge is 0.290 e. The first kappa shape index (κ1) is 15.1. The van der Waals surface area contributed by atoms with Crippen LogP contribution >= 0.6 is 0 Å². The highest BCUT2D eigenvalue weighted by Gasteiger charge is 2.27. The number of hydrogen-bond acceptors (Lipinski definition) is 2. The Balaban J connectivity index is 4.37. The molecule has 94 valence electrons. The summed E-state index contributed by atoms with van der Waals surface area (Å²) in [5.74, 6) is -0.663. The van der Waals surface area contributed by atoms with Gasteiger partial charge >= 0.3 is 0 Å². The number of hydrogen-bond donors (Lipinski definition) is 0. The van der Waals surface area contributed by atoms with Crippen molar-refractivity contribution in [3.8, 4) is 0 Å². The van der Waals surface area contributed by atoms with Gasteiger partial charge in [-0.3, -0.25) is 9.59 Å². The number of rotatable bonds is 3. The Morgan fingerprint density at radius 2 is 1.44 bits per heavy atom. The van der Waals surface area contributed by atoms with Gasteiger partial charge < -0.3 is 4.90 Å². The van der Waals surface area contributed by atoms with Crippen molar-refractivity contribution in [2.75, 3.05) is 7.05 Å². The zero-order valence-corrected chi connectivity index (χ0v) is 11.7. The number of nitrogens with zero attached hydrogens (tertiary/aromatic N) is 1. The molecule has 0 rings (SSSR count). The van der Waals surface area contributed by atoms with E-state index in [1.807, 2.05) is 20.8 Å². The van der Waals surface area contributed by atoms with Crippen LogP contribution in [0.1, 0.15) is 54.4 Å². The maximum absolute atomic E-state index is 11.8. The van der Waals surface area contributed by atoms with Crippen LogP contribution in [0.2, 0.25) is 0 Å². The predicted octanol–water partition coefficient (Wildman–Crippen LogP) is 2.64. The standard InChI is InChI=1S/C13H25NO2/c1-12(2,3)9-8-10(15)11(16)14(7)13(4,5)6/h8-9H2,1-7H3. The number of Topliss-reactive ketones (excluding diaryl/α,β-unsaturated/α-hetero) is 1. The highest BCUT2D eigenvalue weighted by molar-refractivity contribution is 6.36. The van der Waals surface area contributed by atoms with Gasteiger partial charge in [0.15, 0.2) is 0 Å². The van der Waals surface area contributed by atoms with Crippen LogP contribution in [0.15, 0.2) is 0 Å². The van der Waals surface area contributed by atoms with Gasteiger partial charge in [-0.25, -0.2) is 0 Å². The zero-order valence-electron chi connectivity index (χ0n) is 11.7. The monoisotopic (exact) mass is 227 g/mol. The first-order chi connectivity index (χ1) is 6.95. The van der Waals surface area contributed by atoms with Gasteiger partial charge in [0.25, 0.3) is 5.91 Å². The summed E-state index contributed by atoms with van der Waals surface area (Å²) in [4.78, 5) is 25.0. The third kappa shape index (κ3) is 5.29. The summed E-state index contributed by atoms with van der Waals surface area (Å²) in [6.07, 6.45) is 1.08. The molecule has 0 unspecified atom stereocenters. The SMILES string of the molecule is CN(C(=O)C(=O)CCC(C)(C)C)C(C)(C)C. The summed E-state index contributed by atoms with van der Waals surface area (Å²) in [6, 6.07) is 0. The Morgan fingerprint density at radius 3 is 1.75 bits per heavy atom. The number of amides is 1. The van der Waals surface area contributed by atoms with E-state index < -0.39 is 0 Å². The van der Waals surface area contributed by atoms with E-state index in [9.17, 15) is 9.59 Å². The van der Waals surface area contributed by atoms with Crippen molar-refractivity contribution in [3.05, 3.63) is 0 Å². The second-order valence-electron chi connectivity index (χ2n) is 6.52. The van der Waals surface area contributed by atoms with Crippen LogP contribution in [-0.4, -0.2) is 29.2 Å². The lowest BCUT2D eigenvalue weighted by atomic mass is 9.89. The normalized spacial score (nSPS) is 12.4. The first-order valence-corrected chi connectivity index (χ1v) is 5.76. The molecule has 0 radical (unpaired) electrons. The molecule has 0 heterocycles. The van der Waals surface area contributed by atoms with Crippen LogP contribution in [-0.2, 0) is 9.59 Å². The van der Waals surface area contributed by atoms with Gasteiger partial charge in [-0.1, -0.05) is 20.8 Å². The molecule has 1 amide bonds. The molecule has 0 aliphatic heterocycles. The van der Waals surface area contributed by atoms with Gasteiger partial charge in [0.05, 0.1) is 0 Å². The van der Waals surface area contributed by atoms with E-state index in [-0.39, 0.29) is 22.6 Å². The molecule has 0 spiro atoms. The Labute approximate surface area is 99.2 Å². The lowest BCUT2D eigenvalue weighted by Crippen LogP contribution is -2.45. The fraction of sp³-hybridized carbons (Fsp3) is 0.846. The molecular weight excluding hydrogens is 202 g/mol. The zero-order chi connectivity index (χ0) is 13.1. The van der Waals surface area contributed by atoms with Gasteiger partial charge in [0.1, 0.15) is 0 Å². The second kappa shape index (κ2) is 4.98. The molecule has 0 fully saturated rings. The molecule has 0 aliphatic rings. The summed E-state index contributed by atoms with van der Waals surface area (Å²) in [7, 11) is 1.68. The maximum Gasteiger partial charge on any atom is 0.290 e. The quantitative estimate of drug-likeness (QED) is 0.695. The van der Waals surface area contributed by atoms with Crippen LogP contribution in [0.3, 0.4) is 0 Å². The van der Waals surface area contributed by atoms with Gasteiger partial charge in [0.2, 0.25) is 5.78 Å². The molecule has 3 nitrogen and oxygen atoms in total. The minimum absolute atomic E-state index is 0.0935. The Kier molecular flexibility index (Phi) is 4.71. The second-order valence-corrected chi connectivity index (χ2v) is 6.52. The Hall–Kier alpha value is -0.860. The van der Waals surface area contributed by atoms with Crippen LogP contribution in [0.4, 0.5) is 0 Å². The molecule has 0 saturated heterocycles. The summed E-state index contributed by atoms with van der Waals surface area (Å²) >= 11 is 0. The van der Waals surface area contributed by atoms with E-state index in [1.54, 1.807) is 7.05 Å². The highest BCUT2D eigenvalue weighted by Crippen LogP contribution is 2.21. The Bertz CT molecular complexity index is 269. The van der Waals surface area contributed by atoms with E-state index >= 15 is 0 Å². The van der Waals surface area contributed by atoms with Crippen molar-refractivity contribution in [2.45, 2.75) is 59.9 Å². The van der Waals surface area contributed by atoms with E-state index in [0.29, 0.717) is 6.42 Å². The van der Waals surface area contributed by atoms with Crippen molar-refractivity contribution in [2.24, 2.45) is 5.41 Å². The molecule has 0 saturated carbocycles. The van der Waals surface area contributed by atoms with Crippen molar-refractivity contribution in [3.63, 3.8) is 0 Å². The average molecular weight is 227 g/mol. The molecule has 0 aliphatic carbocycles. The number of ketones is 1. The number of likely N-dealkylation sites (N-methyl/N-ethyl adjacent to an activating group) is 1. The number of carbonyl (C=O) groups is 2. The molecule has 0 atom stereocenters. The van der Waals surface area contributed by atoms with Crippen molar-refractivity contribution in [1.29, 1.82) is 0 Å². The summed E-state index contributed by atoms with van der Waals surface area (Å²) in [6.45, 7) is 12.0. The Morgan fingerprint density at radius 1 is 1.00 bits per heavy atom. The van der Waals surface area contributed by atoms with E-state index in [4.69, 9.17) is 0 Å². The summed E-state index contributed by atoms with van der Waals surface area (Å²) in [5, 5.41) is 0. The third-order valence-electron chi connectivity index (χ3n) is 2.65. The average Bonchev–Trinajstić information content (AvgIpc) is 2.09. The molecule has 0 aromatic rings. The van der Waals surface area contributed by atoms with Crippen LogP contribution in [0.5, 0.6) is 0 Å². The minimum Gasteiger partial charge on any atom is -0.334 e. The van der Waals surface area contributed by atoms with Crippen LogP contribution in [0.25, 0.3) is 0 Å². The van der Waals surface area contributed by atoms with Crippen molar-refractivity contribution >= 4 is 11.7 Å². The van der Waals surface area contributed by atoms with Gasteiger partial charge in [0, 0.05) is 19.0 Å². The van der Waals surface area contributed by atoms with E-state index in [1.165, 1.54) is 4.90 Å². The first-order valence-electron chi connectivity index (χ1n) is 5.76. The molecule has 0 aromatic carbocycles. The molecular formula is C13H25NO2. The topological polar surface area (TPSA) is 37.4 Å². The van der Waals surface area contributed by atoms with Gasteiger partial charge in [-0.05, 0) is 32.6 Å². The van der Waals surface area contributed by atoms with Crippen molar-refractivity contribution in [1.82, 2.24) is 4.90 Å². The van der Waals surface area contributed by atoms with Gasteiger partial charge in [-0.2, -0.15) is 0 Å². The summed E-state index contributed by atoms with van der Waals surface area (Å²) in [5.41, 5.74) is -0.204.